The standard InChI is InChI=1S/C13H17FN2O3/c1-4-16(8(2)3)13(19)15-11-7-9(14)5-6-10(11)12(17)18/h5-8H,4H2,1-3H3,(H,15,19)(H,17,18). The Morgan fingerprint density at radius 2 is 2.05 bits per heavy atom. The van der Waals surface area contributed by atoms with Gasteiger partial charge in [-0.25, -0.2) is 14.0 Å². The second-order valence-electron chi connectivity index (χ2n) is 4.30. The molecule has 104 valence electrons. The van der Waals surface area contributed by atoms with Crippen LogP contribution in [0.15, 0.2) is 18.2 Å². The van der Waals surface area contributed by atoms with Crippen LogP contribution in [-0.2, 0) is 0 Å². The lowest BCUT2D eigenvalue weighted by molar-refractivity contribution is 0.0698. The number of carbonyl (C=O) groups is 2. The van der Waals surface area contributed by atoms with Crippen LogP contribution in [-0.4, -0.2) is 34.6 Å². The van der Waals surface area contributed by atoms with Crippen molar-refractivity contribution in [3.05, 3.63) is 29.6 Å². The highest BCUT2D eigenvalue weighted by atomic mass is 19.1. The summed E-state index contributed by atoms with van der Waals surface area (Å²) in [5.41, 5.74) is -0.189. The van der Waals surface area contributed by atoms with Crippen LogP contribution in [0.1, 0.15) is 31.1 Å². The molecule has 0 unspecified atom stereocenters. The topological polar surface area (TPSA) is 69.6 Å². The number of urea groups is 1. The number of carboxylic acids is 1. The van der Waals surface area contributed by atoms with Gasteiger partial charge in [-0.05, 0) is 39.0 Å². The summed E-state index contributed by atoms with van der Waals surface area (Å²) in [5, 5.41) is 11.4. The first-order valence-corrected chi connectivity index (χ1v) is 5.97. The molecule has 1 rings (SSSR count). The average molecular weight is 268 g/mol. The summed E-state index contributed by atoms with van der Waals surface area (Å²) in [6, 6.07) is 2.67. The van der Waals surface area contributed by atoms with Gasteiger partial charge in [0.25, 0.3) is 0 Å². The molecule has 0 aromatic heterocycles. The lowest BCUT2D eigenvalue weighted by atomic mass is 10.1. The fourth-order valence-corrected chi connectivity index (χ4v) is 1.74. The number of halogens is 1. The first-order chi connectivity index (χ1) is 8.86. The van der Waals surface area contributed by atoms with E-state index in [0.29, 0.717) is 6.54 Å². The molecule has 2 N–H and O–H groups in total. The molecule has 1 aromatic rings. The van der Waals surface area contributed by atoms with Crippen LogP contribution in [0.4, 0.5) is 14.9 Å². The van der Waals surface area contributed by atoms with Gasteiger partial charge in [-0.15, -0.1) is 0 Å². The molecule has 0 spiro atoms. The minimum atomic E-state index is -1.22. The zero-order valence-electron chi connectivity index (χ0n) is 11.1. The Hall–Kier alpha value is -2.11. The van der Waals surface area contributed by atoms with Gasteiger partial charge in [0.2, 0.25) is 0 Å². The molecule has 0 radical (unpaired) electrons. The van der Waals surface area contributed by atoms with Crippen molar-refractivity contribution in [1.29, 1.82) is 0 Å². The Bertz CT molecular complexity index is 489. The molecule has 1 aromatic carbocycles. The number of amides is 2. The number of anilines is 1. The minimum Gasteiger partial charge on any atom is -0.478 e. The Morgan fingerprint density at radius 3 is 2.53 bits per heavy atom. The van der Waals surface area contributed by atoms with Crippen molar-refractivity contribution in [1.82, 2.24) is 4.90 Å². The minimum absolute atomic E-state index is 0.0353. The predicted octanol–water partition coefficient (Wildman–Crippen LogP) is 2.79. The molecule has 0 aliphatic carbocycles. The third kappa shape index (κ3) is 3.67. The van der Waals surface area contributed by atoms with E-state index in [4.69, 9.17) is 5.11 Å². The van der Waals surface area contributed by atoms with Crippen molar-refractivity contribution >= 4 is 17.7 Å². The van der Waals surface area contributed by atoms with Gasteiger partial charge in [0.15, 0.2) is 0 Å². The predicted molar refractivity (Wildman–Crippen MR) is 69.9 cm³/mol. The van der Waals surface area contributed by atoms with Gasteiger partial charge in [-0.1, -0.05) is 0 Å². The number of aromatic carboxylic acids is 1. The SMILES string of the molecule is CCN(C(=O)Nc1cc(F)ccc1C(=O)O)C(C)C. The first-order valence-electron chi connectivity index (χ1n) is 5.97. The number of hydrogen-bond acceptors (Lipinski definition) is 2. The van der Waals surface area contributed by atoms with Crippen LogP contribution in [0.5, 0.6) is 0 Å². The molecule has 5 nitrogen and oxygen atoms in total. The first kappa shape index (κ1) is 14.9. The zero-order valence-corrected chi connectivity index (χ0v) is 11.1. The van der Waals surface area contributed by atoms with Crippen LogP contribution < -0.4 is 5.32 Å². The molecule has 0 saturated heterocycles. The summed E-state index contributed by atoms with van der Waals surface area (Å²) in [6.07, 6.45) is 0. The smallest absolute Gasteiger partial charge is 0.337 e. The van der Waals surface area contributed by atoms with Crippen LogP contribution >= 0.6 is 0 Å². The van der Waals surface area contributed by atoms with Crippen molar-refractivity contribution in [2.45, 2.75) is 26.8 Å². The van der Waals surface area contributed by atoms with E-state index in [-0.39, 0.29) is 17.3 Å². The number of carboxylic acid groups (broad SMARTS) is 1. The molecule has 0 aliphatic rings. The molecule has 0 fully saturated rings. The Balaban J connectivity index is 3.01. The molecule has 0 atom stereocenters. The molecule has 2 amide bonds. The van der Waals surface area contributed by atoms with Gasteiger partial charge in [0.1, 0.15) is 5.82 Å². The third-order valence-corrected chi connectivity index (χ3v) is 2.68. The van der Waals surface area contributed by atoms with Crippen molar-refractivity contribution in [2.24, 2.45) is 0 Å². The van der Waals surface area contributed by atoms with Gasteiger partial charge in [-0.2, -0.15) is 0 Å². The van der Waals surface area contributed by atoms with Gasteiger partial charge in [0, 0.05) is 12.6 Å². The molecule has 0 aliphatic heterocycles. The fraction of sp³-hybridized carbons (Fsp3) is 0.385. The van der Waals surface area contributed by atoms with Crippen LogP contribution in [0, 0.1) is 5.82 Å². The monoisotopic (exact) mass is 268 g/mol. The summed E-state index contributed by atoms with van der Waals surface area (Å²) in [5.74, 6) is -1.82. The maximum atomic E-state index is 13.1. The molecule has 0 heterocycles. The Labute approximate surface area is 111 Å². The van der Waals surface area contributed by atoms with E-state index in [1.54, 1.807) is 0 Å². The molecular formula is C13H17FN2O3. The summed E-state index contributed by atoms with van der Waals surface area (Å²) >= 11 is 0. The number of benzene rings is 1. The number of nitrogens with zero attached hydrogens (tertiary/aromatic N) is 1. The molecule has 19 heavy (non-hydrogen) atoms. The molecule has 0 saturated carbocycles. The van der Waals surface area contributed by atoms with Gasteiger partial charge in [-0.3, -0.25) is 0 Å². The summed E-state index contributed by atoms with van der Waals surface area (Å²) < 4.78 is 13.1. The highest BCUT2D eigenvalue weighted by Gasteiger charge is 2.18. The highest BCUT2D eigenvalue weighted by Crippen LogP contribution is 2.18. The molecule has 0 bridgehead atoms. The quantitative estimate of drug-likeness (QED) is 0.882. The van der Waals surface area contributed by atoms with Gasteiger partial charge < -0.3 is 15.3 Å². The maximum absolute atomic E-state index is 13.1. The second-order valence-corrected chi connectivity index (χ2v) is 4.30. The van der Waals surface area contributed by atoms with Crippen molar-refractivity contribution in [3.8, 4) is 0 Å². The zero-order chi connectivity index (χ0) is 14.6. The van der Waals surface area contributed by atoms with E-state index in [9.17, 15) is 14.0 Å². The van der Waals surface area contributed by atoms with Crippen LogP contribution in [0.25, 0.3) is 0 Å². The summed E-state index contributed by atoms with van der Waals surface area (Å²) in [4.78, 5) is 24.5. The van der Waals surface area contributed by atoms with E-state index >= 15 is 0 Å². The molecule has 6 heteroatoms. The largest absolute Gasteiger partial charge is 0.478 e. The number of nitrogens with one attached hydrogen (secondary N) is 1. The van der Waals surface area contributed by atoms with Crippen molar-refractivity contribution in [3.63, 3.8) is 0 Å². The fourth-order valence-electron chi connectivity index (χ4n) is 1.74. The van der Waals surface area contributed by atoms with E-state index in [1.807, 2.05) is 20.8 Å². The van der Waals surface area contributed by atoms with E-state index < -0.39 is 17.8 Å². The van der Waals surface area contributed by atoms with E-state index in [0.717, 1.165) is 18.2 Å². The second kappa shape index (κ2) is 6.17. The summed E-state index contributed by atoms with van der Waals surface area (Å²) in [6.45, 7) is 5.96. The normalized spacial score (nSPS) is 10.4. The lowest BCUT2D eigenvalue weighted by Crippen LogP contribution is -2.40. The Kier molecular flexibility index (Phi) is 4.86. The number of hydrogen-bond donors (Lipinski definition) is 2. The van der Waals surface area contributed by atoms with Gasteiger partial charge >= 0.3 is 12.0 Å². The third-order valence-electron chi connectivity index (χ3n) is 2.68. The van der Waals surface area contributed by atoms with Crippen molar-refractivity contribution < 1.29 is 19.1 Å². The van der Waals surface area contributed by atoms with Crippen LogP contribution in [0.2, 0.25) is 0 Å². The van der Waals surface area contributed by atoms with Crippen LogP contribution in [0.3, 0.4) is 0 Å². The van der Waals surface area contributed by atoms with E-state index in [1.165, 1.54) is 4.90 Å². The maximum Gasteiger partial charge on any atom is 0.337 e. The highest BCUT2D eigenvalue weighted by molar-refractivity contribution is 6.00. The Morgan fingerprint density at radius 1 is 1.42 bits per heavy atom. The number of carbonyl (C=O) groups excluding carboxylic acids is 1. The van der Waals surface area contributed by atoms with Crippen molar-refractivity contribution in [2.75, 3.05) is 11.9 Å². The lowest BCUT2D eigenvalue weighted by Gasteiger charge is -2.25. The average Bonchev–Trinajstić information content (AvgIpc) is 2.28. The summed E-state index contributed by atoms with van der Waals surface area (Å²) in [7, 11) is 0. The van der Waals surface area contributed by atoms with E-state index in [2.05, 4.69) is 5.32 Å². The number of rotatable bonds is 4. The molecular weight excluding hydrogens is 251 g/mol. The van der Waals surface area contributed by atoms with Gasteiger partial charge in [0.05, 0.1) is 11.3 Å².